The average Bonchev–Trinajstić information content (AvgIpc) is 3.36. The van der Waals surface area contributed by atoms with Crippen LogP contribution in [-0.2, 0) is 0 Å². The highest BCUT2D eigenvalue weighted by Crippen LogP contribution is 2.29. The molecular formula is C17H17N5OS. The highest BCUT2D eigenvalue weighted by Gasteiger charge is 2.29. The summed E-state index contributed by atoms with van der Waals surface area (Å²) in [6.07, 6.45) is 4.41. The topological polar surface area (TPSA) is 74.8 Å². The van der Waals surface area contributed by atoms with Crippen molar-refractivity contribution < 1.29 is 4.79 Å². The van der Waals surface area contributed by atoms with Crippen molar-refractivity contribution in [2.45, 2.75) is 19.3 Å². The molecule has 1 aliphatic heterocycles. The van der Waals surface area contributed by atoms with Crippen LogP contribution in [0.4, 0.5) is 0 Å². The highest BCUT2D eigenvalue weighted by atomic mass is 32.1. The quantitative estimate of drug-likeness (QED) is 0.796. The number of hydrogen-bond acceptors (Lipinski definition) is 5. The highest BCUT2D eigenvalue weighted by molar-refractivity contribution is 7.12. The molecule has 6 nitrogen and oxygen atoms in total. The molecule has 1 fully saturated rings. The zero-order valence-corrected chi connectivity index (χ0v) is 14.1. The third kappa shape index (κ3) is 2.82. The number of aromatic nitrogens is 4. The third-order valence-corrected chi connectivity index (χ3v) is 5.08. The molecule has 1 saturated heterocycles. The van der Waals surface area contributed by atoms with E-state index in [1.807, 2.05) is 35.4 Å². The zero-order valence-electron chi connectivity index (χ0n) is 13.3. The summed E-state index contributed by atoms with van der Waals surface area (Å²) in [5, 5.41) is 1.93. The van der Waals surface area contributed by atoms with E-state index >= 15 is 0 Å². The van der Waals surface area contributed by atoms with Gasteiger partial charge in [0.25, 0.3) is 5.91 Å². The Morgan fingerprint density at radius 1 is 1.42 bits per heavy atom. The Balaban J connectivity index is 1.56. The number of amides is 1. The first-order valence-electron chi connectivity index (χ1n) is 7.89. The van der Waals surface area contributed by atoms with Gasteiger partial charge >= 0.3 is 0 Å². The smallest absolute Gasteiger partial charge is 0.263 e. The number of hydrogen-bond donors (Lipinski definition) is 1. The lowest BCUT2D eigenvalue weighted by molar-refractivity contribution is 0.0795. The Labute approximate surface area is 143 Å². The standard InChI is InChI=1S/C17H17N5OS/c1-11-20-13(9-14(21-11)16-18-5-6-19-16)12-4-7-22(10-12)17(23)15-3-2-8-24-15/h2-3,5-6,8-9,12H,4,7,10H2,1H3,(H,18,19)/t12-/m1/s1. The first-order chi connectivity index (χ1) is 11.7. The number of nitrogens with one attached hydrogen (secondary N) is 1. The number of thiophene rings is 1. The van der Waals surface area contributed by atoms with Crippen LogP contribution in [0.15, 0.2) is 36.0 Å². The van der Waals surface area contributed by atoms with Crippen LogP contribution < -0.4 is 0 Å². The van der Waals surface area contributed by atoms with Gasteiger partial charge in [-0.15, -0.1) is 11.3 Å². The summed E-state index contributed by atoms with van der Waals surface area (Å²) in [5.41, 5.74) is 1.78. The van der Waals surface area contributed by atoms with Gasteiger partial charge in [-0.2, -0.15) is 0 Å². The molecule has 0 spiro atoms. The van der Waals surface area contributed by atoms with Crippen LogP contribution in [0.25, 0.3) is 11.5 Å². The minimum Gasteiger partial charge on any atom is -0.343 e. The van der Waals surface area contributed by atoms with Crippen molar-refractivity contribution in [1.29, 1.82) is 0 Å². The van der Waals surface area contributed by atoms with Crippen LogP contribution >= 0.6 is 11.3 Å². The Morgan fingerprint density at radius 2 is 2.33 bits per heavy atom. The number of likely N-dealkylation sites (tertiary alicyclic amines) is 1. The number of carbonyl (C=O) groups excluding carboxylic acids is 1. The third-order valence-electron chi connectivity index (χ3n) is 4.22. The van der Waals surface area contributed by atoms with Gasteiger partial charge in [0, 0.05) is 37.1 Å². The first-order valence-corrected chi connectivity index (χ1v) is 8.77. The molecule has 4 rings (SSSR count). The van der Waals surface area contributed by atoms with Gasteiger partial charge in [-0.1, -0.05) is 6.07 Å². The summed E-state index contributed by atoms with van der Waals surface area (Å²) in [6, 6.07) is 5.77. The van der Waals surface area contributed by atoms with Crippen molar-refractivity contribution in [2.75, 3.05) is 13.1 Å². The van der Waals surface area contributed by atoms with Crippen molar-refractivity contribution in [3.05, 3.63) is 52.4 Å². The van der Waals surface area contributed by atoms with E-state index in [0.717, 1.165) is 40.9 Å². The number of nitrogens with zero attached hydrogens (tertiary/aromatic N) is 4. The van der Waals surface area contributed by atoms with Gasteiger partial charge in [0.15, 0.2) is 5.82 Å². The maximum Gasteiger partial charge on any atom is 0.263 e. The Hall–Kier alpha value is -2.54. The van der Waals surface area contributed by atoms with Crippen LogP contribution in [0.3, 0.4) is 0 Å². The predicted octanol–water partition coefficient (Wildman–Crippen LogP) is 2.87. The Kier molecular flexibility index (Phi) is 3.86. The van der Waals surface area contributed by atoms with E-state index in [2.05, 4.69) is 19.9 Å². The Bertz CT molecular complexity index is 844. The molecule has 3 aromatic rings. The van der Waals surface area contributed by atoms with Gasteiger partial charge in [-0.05, 0) is 30.9 Å². The predicted molar refractivity (Wildman–Crippen MR) is 91.9 cm³/mol. The molecule has 0 aromatic carbocycles. The van der Waals surface area contributed by atoms with Gasteiger partial charge in [-0.3, -0.25) is 4.79 Å². The van der Waals surface area contributed by atoms with Crippen molar-refractivity contribution in [1.82, 2.24) is 24.8 Å². The lowest BCUT2D eigenvalue weighted by Gasteiger charge is -2.15. The van der Waals surface area contributed by atoms with Crippen molar-refractivity contribution in [3.63, 3.8) is 0 Å². The van der Waals surface area contributed by atoms with E-state index in [4.69, 9.17) is 0 Å². The summed E-state index contributed by atoms with van der Waals surface area (Å²) < 4.78 is 0. The van der Waals surface area contributed by atoms with Crippen LogP contribution in [-0.4, -0.2) is 43.8 Å². The molecule has 3 aromatic heterocycles. The summed E-state index contributed by atoms with van der Waals surface area (Å²) in [5.74, 6) is 1.82. The minimum absolute atomic E-state index is 0.115. The molecule has 122 valence electrons. The summed E-state index contributed by atoms with van der Waals surface area (Å²) >= 11 is 1.49. The minimum atomic E-state index is 0.115. The van der Waals surface area contributed by atoms with Gasteiger partial charge in [-0.25, -0.2) is 15.0 Å². The summed E-state index contributed by atoms with van der Waals surface area (Å²) in [7, 11) is 0. The second-order valence-corrected chi connectivity index (χ2v) is 6.82. The van der Waals surface area contributed by atoms with Crippen molar-refractivity contribution >= 4 is 17.2 Å². The molecule has 7 heteroatoms. The molecule has 1 amide bonds. The van der Waals surface area contributed by atoms with Gasteiger partial charge < -0.3 is 9.88 Å². The van der Waals surface area contributed by atoms with Crippen molar-refractivity contribution in [3.8, 4) is 11.5 Å². The normalized spacial score (nSPS) is 17.4. The first kappa shape index (κ1) is 15.0. The molecule has 1 aliphatic rings. The van der Waals surface area contributed by atoms with Crippen LogP contribution in [0.5, 0.6) is 0 Å². The second-order valence-electron chi connectivity index (χ2n) is 5.88. The fourth-order valence-corrected chi connectivity index (χ4v) is 3.76. The largest absolute Gasteiger partial charge is 0.343 e. The summed E-state index contributed by atoms with van der Waals surface area (Å²) in [4.78, 5) is 31.6. The lowest BCUT2D eigenvalue weighted by Crippen LogP contribution is -2.27. The Morgan fingerprint density at radius 3 is 3.08 bits per heavy atom. The number of H-pyrrole nitrogens is 1. The van der Waals surface area contributed by atoms with E-state index in [1.165, 1.54) is 11.3 Å². The van der Waals surface area contributed by atoms with E-state index in [-0.39, 0.29) is 11.8 Å². The summed E-state index contributed by atoms with van der Waals surface area (Å²) in [6.45, 7) is 3.35. The van der Waals surface area contributed by atoms with Gasteiger partial charge in [0.1, 0.15) is 11.5 Å². The molecule has 1 N–H and O–H groups in total. The van der Waals surface area contributed by atoms with Gasteiger partial charge in [0.05, 0.1) is 4.88 Å². The van der Waals surface area contributed by atoms with E-state index in [1.54, 1.807) is 12.4 Å². The number of imidazole rings is 1. The fraction of sp³-hybridized carbons (Fsp3) is 0.294. The zero-order chi connectivity index (χ0) is 16.5. The van der Waals surface area contributed by atoms with E-state index in [9.17, 15) is 4.79 Å². The fourth-order valence-electron chi connectivity index (χ4n) is 3.07. The molecule has 1 atom stereocenters. The monoisotopic (exact) mass is 339 g/mol. The van der Waals surface area contributed by atoms with Crippen LogP contribution in [0.2, 0.25) is 0 Å². The molecule has 0 unspecified atom stereocenters. The lowest BCUT2D eigenvalue weighted by atomic mass is 10.0. The molecule has 0 radical (unpaired) electrons. The van der Waals surface area contributed by atoms with E-state index in [0.29, 0.717) is 6.54 Å². The molecule has 0 bridgehead atoms. The van der Waals surface area contributed by atoms with Crippen molar-refractivity contribution in [2.24, 2.45) is 0 Å². The average molecular weight is 339 g/mol. The maximum absolute atomic E-state index is 12.5. The molecular weight excluding hydrogens is 322 g/mol. The number of aromatic amines is 1. The number of carbonyl (C=O) groups is 1. The van der Waals surface area contributed by atoms with E-state index < -0.39 is 0 Å². The van der Waals surface area contributed by atoms with Crippen LogP contribution in [0.1, 0.15) is 33.5 Å². The van der Waals surface area contributed by atoms with Crippen LogP contribution in [0, 0.1) is 6.92 Å². The number of aryl methyl sites for hydroxylation is 1. The maximum atomic E-state index is 12.5. The number of rotatable bonds is 3. The molecule has 4 heterocycles. The molecule has 24 heavy (non-hydrogen) atoms. The molecule has 0 saturated carbocycles. The second kappa shape index (κ2) is 6.16. The van der Waals surface area contributed by atoms with Gasteiger partial charge in [0.2, 0.25) is 0 Å². The molecule has 0 aliphatic carbocycles. The SMILES string of the molecule is Cc1nc(-c2ncc[nH]2)cc([C@@H]2CCN(C(=O)c3cccs3)C2)n1.